The van der Waals surface area contributed by atoms with Crippen LogP contribution in [-0.4, -0.2) is 16.4 Å². The Morgan fingerprint density at radius 3 is 1.12 bits per heavy atom. The van der Waals surface area contributed by atoms with Gasteiger partial charge in [0.25, 0.3) is 0 Å². The van der Waals surface area contributed by atoms with Crippen molar-refractivity contribution in [3.63, 3.8) is 0 Å². The van der Waals surface area contributed by atoms with E-state index in [1.165, 1.54) is 0 Å². The molecule has 8 heavy (non-hydrogen) atoms. The third-order valence-electron chi connectivity index (χ3n) is 0. The second kappa shape index (κ2) is 22.5. The maximum Gasteiger partial charge on any atom is 1.00 e. The first-order chi connectivity index (χ1) is 1.73. The summed E-state index contributed by atoms with van der Waals surface area (Å²) in [6.45, 7) is 0. The Bertz CT molecular complexity index is 46.8. The maximum absolute atomic E-state index is 8.56. The van der Waals surface area contributed by atoms with Crippen LogP contribution in [0.4, 0.5) is 4.79 Å². The van der Waals surface area contributed by atoms with Crippen LogP contribution in [0, 0.1) is 0 Å². The Labute approximate surface area is 137 Å². The van der Waals surface area contributed by atoms with E-state index in [0.29, 0.717) is 0 Å². The topological polar surface area (TPSA) is 57.5 Å². The van der Waals surface area contributed by atoms with Crippen LogP contribution in [0.5, 0.6) is 0 Å². The molecule has 0 amide bonds. The first-order valence-electron chi connectivity index (χ1n) is 0.651. The summed E-state index contributed by atoms with van der Waals surface area (Å²) in [5.74, 6) is 0. The molecule has 0 unspecified atom stereocenters. The zero-order valence-electron chi connectivity index (χ0n) is 8.30. The Balaban J connectivity index is -0.00000000214. The van der Waals surface area contributed by atoms with Crippen molar-refractivity contribution in [3.05, 3.63) is 0 Å². The summed E-state index contributed by atoms with van der Waals surface area (Å²) < 4.78 is 0. The Morgan fingerprint density at radius 2 is 1.12 bits per heavy atom. The van der Waals surface area contributed by atoms with Crippen LogP contribution in [0.3, 0.4) is 0 Å². The van der Waals surface area contributed by atoms with Crippen LogP contribution in [0.15, 0.2) is 0 Å². The van der Waals surface area contributed by atoms with Crippen molar-refractivity contribution in [1.82, 2.24) is 0 Å². The summed E-state index contributed by atoms with van der Waals surface area (Å²) in [5, 5.41) is 13.9. The summed E-state index contributed by atoms with van der Waals surface area (Å²) in [6.07, 6.45) is -1.83. The molecule has 0 aromatic carbocycles. The van der Waals surface area contributed by atoms with Gasteiger partial charge in [0.05, 0.1) is 0 Å². The quantitative estimate of drug-likeness (QED) is 0.437. The molecule has 2 N–H and O–H groups in total. The number of carboxylic acid groups (broad SMARTS) is 2. The van der Waals surface area contributed by atoms with Crippen LogP contribution in [0.2, 0.25) is 0 Å². The van der Waals surface area contributed by atoms with Crippen LogP contribution in [0.25, 0.3) is 0 Å². The van der Waals surface area contributed by atoms with Gasteiger partial charge in [-0.15, -0.1) is 0 Å². The van der Waals surface area contributed by atoms with Crippen molar-refractivity contribution in [2.45, 2.75) is 0 Å². The van der Waals surface area contributed by atoms with Gasteiger partial charge < -0.3 is 14.5 Å². The monoisotopic (exact) mass is 314 g/mol. The molecular formula is CH5HfNa3O3. The van der Waals surface area contributed by atoms with Gasteiger partial charge in [-0.3, -0.25) is 0 Å². The molecule has 7 heteroatoms. The van der Waals surface area contributed by atoms with Gasteiger partial charge in [0.2, 0.25) is 0 Å². The van der Waals surface area contributed by atoms with Gasteiger partial charge in [0.15, 0.2) is 0 Å². The Kier molecular flexibility index (Phi) is 85.3. The summed E-state index contributed by atoms with van der Waals surface area (Å²) >= 11 is 0. The fourth-order valence-corrected chi connectivity index (χ4v) is 0. The summed E-state index contributed by atoms with van der Waals surface area (Å²) in [6, 6.07) is 0. The summed E-state index contributed by atoms with van der Waals surface area (Å²) in [7, 11) is 0. The smallest absolute Gasteiger partial charge is 1.00 e. The van der Waals surface area contributed by atoms with E-state index < -0.39 is 6.16 Å². The standard InChI is InChI=1S/CH2O3.Hf.3Na.3H/c2-1(3)4;;;;;;;/h(H2,2,3,4);;;;;;;/q;;3*+1;3*-1. The minimum Gasteiger partial charge on any atom is -1.00 e. The molecule has 0 rings (SSSR count). The molecule has 0 aromatic rings. The van der Waals surface area contributed by atoms with Crippen LogP contribution in [-0.2, 0) is 25.8 Å². The van der Waals surface area contributed by atoms with Crippen molar-refractivity contribution in [2.24, 2.45) is 0 Å². The van der Waals surface area contributed by atoms with Gasteiger partial charge in [-0.25, -0.2) is 4.79 Å². The molecule has 0 heterocycles. The van der Waals surface area contributed by atoms with E-state index in [4.69, 9.17) is 15.0 Å². The van der Waals surface area contributed by atoms with Crippen molar-refractivity contribution in [1.29, 1.82) is 0 Å². The Hall–Kier alpha value is 3.14. The van der Waals surface area contributed by atoms with Crippen molar-refractivity contribution in [2.75, 3.05) is 0 Å². The molecule has 3 nitrogen and oxygen atoms in total. The molecule has 0 atom stereocenters. The number of hydrogen-bond acceptors (Lipinski definition) is 1. The molecular weight excluding hydrogens is 307 g/mol. The first kappa shape index (κ1) is 30.4. The average Bonchev–Trinajstić information content (AvgIpc) is 0.811. The van der Waals surface area contributed by atoms with Gasteiger partial charge in [0, 0.05) is 25.8 Å². The van der Waals surface area contributed by atoms with Gasteiger partial charge in [-0.2, -0.15) is 0 Å². The first-order valence-corrected chi connectivity index (χ1v) is 0.651. The number of rotatable bonds is 0. The van der Waals surface area contributed by atoms with E-state index in [9.17, 15) is 0 Å². The molecule has 0 saturated carbocycles. The fraction of sp³-hybridized carbons (Fsp3) is 0. The molecule has 34 valence electrons. The van der Waals surface area contributed by atoms with Crippen molar-refractivity contribution >= 4 is 6.16 Å². The van der Waals surface area contributed by atoms with Crippen LogP contribution >= 0.6 is 0 Å². The predicted octanol–water partition coefficient (Wildman–Crippen LogP) is -8.43. The van der Waals surface area contributed by atoms with Crippen LogP contribution < -0.4 is 88.7 Å². The normalized spacial score (nSPS) is 3.00. The molecule has 0 aliphatic heterocycles. The molecule has 0 aliphatic carbocycles. The minimum atomic E-state index is -1.83. The van der Waals surface area contributed by atoms with Crippen LogP contribution in [0.1, 0.15) is 4.28 Å². The molecule has 0 spiro atoms. The fourth-order valence-electron chi connectivity index (χ4n) is 0. The SMILES string of the molecule is O=C(O)O.[H-].[H-].[H-].[Hf].[Na+].[Na+].[Na+]. The van der Waals surface area contributed by atoms with Crippen molar-refractivity contribution < 1.29 is 134 Å². The van der Waals surface area contributed by atoms with Gasteiger partial charge in [-0.1, -0.05) is 0 Å². The van der Waals surface area contributed by atoms with E-state index in [0.717, 1.165) is 0 Å². The molecule has 0 aromatic heterocycles. The predicted molar refractivity (Wildman–Crippen MR) is 14.0 cm³/mol. The van der Waals surface area contributed by atoms with Gasteiger partial charge in [0.1, 0.15) is 0 Å². The Morgan fingerprint density at radius 1 is 1.12 bits per heavy atom. The second-order valence-corrected chi connectivity index (χ2v) is 0.283. The maximum atomic E-state index is 8.56. The summed E-state index contributed by atoms with van der Waals surface area (Å²) in [4.78, 5) is 8.56. The third-order valence-corrected chi connectivity index (χ3v) is 0. The average molecular weight is 313 g/mol. The second-order valence-electron chi connectivity index (χ2n) is 0.283. The molecule has 0 fully saturated rings. The van der Waals surface area contributed by atoms with E-state index in [2.05, 4.69) is 0 Å². The van der Waals surface area contributed by atoms with E-state index in [1.807, 2.05) is 0 Å². The van der Waals surface area contributed by atoms with Gasteiger partial charge >= 0.3 is 94.8 Å². The molecule has 0 radical (unpaired) electrons. The minimum absolute atomic E-state index is 0. The molecule has 0 bridgehead atoms. The largest absolute Gasteiger partial charge is 1.00 e. The zero-order valence-corrected chi connectivity index (χ0v) is 14.9. The van der Waals surface area contributed by atoms with Gasteiger partial charge in [-0.05, 0) is 0 Å². The molecule has 0 aliphatic rings. The van der Waals surface area contributed by atoms with E-state index >= 15 is 0 Å². The van der Waals surface area contributed by atoms with E-state index in [-0.39, 0.29) is 119 Å². The number of hydrogen-bond donors (Lipinski definition) is 2. The zero-order chi connectivity index (χ0) is 3.58. The van der Waals surface area contributed by atoms with Crippen molar-refractivity contribution in [3.8, 4) is 0 Å². The summed E-state index contributed by atoms with van der Waals surface area (Å²) in [5.41, 5.74) is 0. The third kappa shape index (κ3) is 61.4. The van der Waals surface area contributed by atoms with E-state index in [1.54, 1.807) is 0 Å². The number of carbonyl (C=O) groups is 1. The molecule has 0 saturated heterocycles.